The Bertz CT molecular complexity index is 2400. The quantitative estimate of drug-likeness (QED) is 0.107. The van der Waals surface area contributed by atoms with Crippen molar-refractivity contribution in [1.82, 2.24) is 35.3 Å². The number of hydrogen-bond acceptors (Lipinski definition) is 9. The van der Waals surface area contributed by atoms with Gasteiger partial charge in [0.2, 0.25) is 17.7 Å². The second kappa shape index (κ2) is 18.5. The fraction of sp³-hybridized carbons (Fsp3) is 0.479. The molecule has 0 aliphatic carbocycles. The van der Waals surface area contributed by atoms with Crippen LogP contribution in [0.25, 0.3) is 15.4 Å². The van der Waals surface area contributed by atoms with E-state index in [0.29, 0.717) is 19.4 Å². The highest BCUT2D eigenvalue weighted by Crippen LogP contribution is 2.39. The molecule has 1 fully saturated rings. The Morgan fingerprint density at radius 1 is 0.902 bits per heavy atom. The van der Waals surface area contributed by atoms with Crippen LogP contribution in [0.5, 0.6) is 0 Å². The van der Waals surface area contributed by atoms with Crippen molar-refractivity contribution in [2.45, 2.75) is 138 Å². The number of benzene rings is 2. The van der Waals surface area contributed by atoms with Crippen LogP contribution < -0.4 is 10.6 Å². The number of thiophene rings is 1. The van der Waals surface area contributed by atoms with Crippen molar-refractivity contribution < 1.29 is 14.4 Å². The van der Waals surface area contributed by atoms with Gasteiger partial charge in [0.05, 0.1) is 27.8 Å². The Hall–Kier alpha value is -5.01. The Morgan fingerprint density at radius 2 is 1.61 bits per heavy atom. The first-order chi connectivity index (χ1) is 29.1. The summed E-state index contributed by atoms with van der Waals surface area (Å²) in [5.41, 5.74) is 10.2. The Kier molecular flexibility index (Phi) is 13.4. The van der Waals surface area contributed by atoms with Crippen LogP contribution in [0.3, 0.4) is 0 Å². The molecule has 5 aromatic rings. The Morgan fingerprint density at radius 3 is 2.30 bits per heavy atom. The van der Waals surface area contributed by atoms with Gasteiger partial charge in [-0.25, -0.2) is 4.98 Å². The monoisotopic (exact) mass is 860 g/mol. The molecule has 4 atom stereocenters. The normalized spacial score (nSPS) is 17.3. The molecule has 61 heavy (non-hydrogen) atoms. The number of likely N-dealkylation sites (tertiary alicyclic amines) is 1. The van der Waals surface area contributed by atoms with Crippen molar-refractivity contribution in [3.05, 3.63) is 104 Å². The minimum absolute atomic E-state index is 0.114. The first kappa shape index (κ1) is 44.1. The van der Waals surface area contributed by atoms with E-state index >= 15 is 0 Å². The van der Waals surface area contributed by atoms with Gasteiger partial charge in [0.15, 0.2) is 5.82 Å². The van der Waals surface area contributed by atoms with Crippen LogP contribution in [-0.2, 0) is 20.8 Å². The molecule has 3 aromatic heterocycles. The van der Waals surface area contributed by atoms with E-state index in [-0.39, 0.29) is 29.8 Å². The molecule has 5 heterocycles. The van der Waals surface area contributed by atoms with E-state index in [1.165, 1.54) is 21.6 Å². The molecule has 2 aliphatic heterocycles. The van der Waals surface area contributed by atoms with Gasteiger partial charge < -0.3 is 15.5 Å². The van der Waals surface area contributed by atoms with Crippen LogP contribution in [0.15, 0.2) is 59.0 Å². The number of unbranched alkanes of at least 4 members (excludes halogenated alkanes) is 3. The first-order valence-corrected chi connectivity index (χ1v) is 23.4. The Labute approximate surface area is 368 Å². The van der Waals surface area contributed by atoms with Crippen molar-refractivity contribution in [3.63, 3.8) is 0 Å². The number of nitrogens with zero attached hydrogens (tertiary/aromatic N) is 6. The predicted molar refractivity (Wildman–Crippen MR) is 246 cm³/mol. The minimum Gasteiger partial charge on any atom is -0.348 e. The van der Waals surface area contributed by atoms with E-state index in [4.69, 9.17) is 4.99 Å². The van der Waals surface area contributed by atoms with Gasteiger partial charge in [0.25, 0.3) is 0 Å². The van der Waals surface area contributed by atoms with Crippen molar-refractivity contribution in [3.8, 4) is 15.4 Å². The number of carbonyl (C=O) groups excluding carboxylic acids is 3. The van der Waals surface area contributed by atoms with Crippen LogP contribution >= 0.6 is 22.7 Å². The van der Waals surface area contributed by atoms with E-state index in [9.17, 15) is 14.4 Å². The largest absolute Gasteiger partial charge is 0.348 e. The number of carbonyl (C=O) groups is 3. The van der Waals surface area contributed by atoms with Crippen LogP contribution in [0, 0.1) is 33.1 Å². The highest BCUT2D eigenvalue weighted by molar-refractivity contribution is 7.15. The molecule has 0 radical (unpaired) electrons. The molecule has 2 N–H and O–H groups in total. The van der Waals surface area contributed by atoms with Gasteiger partial charge in [-0.3, -0.25) is 23.9 Å². The van der Waals surface area contributed by atoms with Crippen molar-refractivity contribution in [1.29, 1.82) is 0 Å². The van der Waals surface area contributed by atoms with Gasteiger partial charge in [-0.15, -0.1) is 32.9 Å². The molecular weight excluding hydrogens is 801 g/mol. The minimum atomic E-state index is -0.730. The highest BCUT2D eigenvalue weighted by Gasteiger charge is 2.42. The number of amides is 3. The molecule has 2 aliphatic rings. The average Bonchev–Trinajstić information content (AvgIpc) is 4.03. The third-order valence-electron chi connectivity index (χ3n) is 12.2. The summed E-state index contributed by atoms with van der Waals surface area (Å²) in [5.74, 6) is 1.27. The number of rotatable bonds is 14. The van der Waals surface area contributed by atoms with Gasteiger partial charge in [-0.1, -0.05) is 82.1 Å². The van der Waals surface area contributed by atoms with Crippen LogP contribution in [0.1, 0.15) is 142 Å². The van der Waals surface area contributed by atoms with Crippen molar-refractivity contribution >= 4 is 46.1 Å². The van der Waals surface area contributed by atoms with Gasteiger partial charge in [0, 0.05) is 29.0 Å². The number of nitrogens with one attached hydrogen (secondary N) is 2. The lowest BCUT2D eigenvalue weighted by atomic mass is 9.85. The molecule has 0 bridgehead atoms. The lowest BCUT2D eigenvalue weighted by Crippen LogP contribution is -2.57. The zero-order chi connectivity index (χ0) is 43.6. The van der Waals surface area contributed by atoms with Crippen LogP contribution in [0.4, 0.5) is 0 Å². The van der Waals surface area contributed by atoms with E-state index < -0.39 is 17.5 Å². The molecule has 0 spiro atoms. The number of aliphatic imine (C=N–C) groups is 1. The molecule has 3 amide bonds. The Balaban J connectivity index is 0.874. The first-order valence-electron chi connectivity index (χ1n) is 21.7. The van der Waals surface area contributed by atoms with Gasteiger partial charge in [-0.2, -0.15) is 0 Å². The molecule has 7 rings (SSSR count). The second-order valence-corrected chi connectivity index (χ2v) is 19.9. The maximum atomic E-state index is 14.1. The lowest BCUT2D eigenvalue weighted by molar-refractivity contribution is -0.144. The number of thiazole rings is 1. The molecule has 2 aromatic carbocycles. The summed E-state index contributed by atoms with van der Waals surface area (Å²) in [6.45, 7) is 18.8. The highest BCUT2D eigenvalue weighted by atomic mass is 32.1. The van der Waals surface area contributed by atoms with Crippen molar-refractivity contribution in [2.75, 3.05) is 6.54 Å². The summed E-state index contributed by atoms with van der Waals surface area (Å²) in [6, 6.07) is 15.4. The topological polar surface area (TPSA) is 134 Å². The lowest BCUT2D eigenvalue weighted by Gasteiger charge is -2.35. The summed E-state index contributed by atoms with van der Waals surface area (Å²) in [4.78, 5) is 54.7. The van der Waals surface area contributed by atoms with Gasteiger partial charge >= 0.3 is 0 Å². The van der Waals surface area contributed by atoms with Gasteiger partial charge in [-0.05, 0) is 101 Å². The number of aryl methyl sites for hydroxylation is 4. The summed E-state index contributed by atoms with van der Waals surface area (Å²) >= 11 is 3.39. The van der Waals surface area contributed by atoms with E-state index in [1.54, 1.807) is 27.6 Å². The number of fused-ring (bicyclic) bond motifs is 3. The smallest absolute Gasteiger partial charge is 0.246 e. The van der Waals surface area contributed by atoms with Crippen molar-refractivity contribution in [2.24, 2.45) is 10.4 Å². The average molecular weight is 861 g/mol. The molecule has 322 valence electrons. The fourth-order valence-electron chi connectivity index (χ4n) is 8.52. The molecule has 4 unspecified atom stereocenters. The molecular formula is C48H60N8O3S2. The third kappa shape index (κ3) is 9.57. The second-order valence-electron chi connectivity index (χ2n) is 17.8. The van der Waals surface area contributed by atoms with E-state index in [2.05, 4.69) is 87.6 Å². The molecule has 1 saturated heterocycles. The maximum Gasteiger partial charge on any atom is 0.246 e. The standard InChI is InChI=1S/C48H60N8O3S2/c1-28-32(5)61-47-40(28)41(50-31(4)44-54-53-33(6)56(44)47)36-20-18-34(19-21-36)15-12-10-11-13-17-39(57)52-43(48(7,8)9)46(59)55-26-14-16-38(55)45(58)51-29(2)35-22-24-37(25-23-35)42-30(3)49-27-60-42/h18-25,27,29,31,38,43H,10-17,26H2,1-9H3,(H,51,58)(H,52,57). The van der Waals surface area contributed by atoms with Crippen LogP contribution in [0.2, 0.25) is 0 Å². The van der Waals surface area contributed by atoms with Gasteiger partial charge in [0.1, 0.15) is 29.0 Å². The summed E-state index contributed by atoms with van der Waals surface area (Å²) < 4.78 is 2.17. The predicted octanol–water partition coefficient (Wildman–Crippen LogP) is 9.49. The zero-order valence-electron chi connectivity index (χ0n) is 37.1. The van der Waals surface area contributed by atoms with Crippen LogP contribution in [-0.4, -0.2) is 66.7 Å². The van der Waals surface area contributed by atoms with E-state index in [1.807, 2.05) is 59.2 Å². The molecule has 11 nitrogen and oxygen atoms in total. The number of hydrogen-bond donors (Lipinski definition) is 2. The summed E-state index contributed by atoms with van der Waals surface area (Å²) in [7, 11) is 0. The fourth-order valence-corrected chi connectivity index (χ4v) is 10.5. The molecule has 13 heteroatoms. The zero-order valence-corrected chi connectivity index (χ0v) is 38.7. The third-order valence-corrected chi connectivity index (χ3v) is 14.4. The summed E-state index contributed by atoms with van der Waals surface area (Å²) in [5, 5.41) is 16.2. The molecule has 0 saturated carbocycles. The van der Waals surface area contributed by atoms with E-state index in [0.717, 1.165) is 88.1 Å². The summed E-state index contributed by atoms with van der Waals surface area (Å²) in [6.07, 6.45) is 6.37. The maximum absolute atomic E-state index is 14.1. The number of aromatic nitrogens is 4. The SMILES string of the molecule is Cc1ncsc1-c1ccc(C(C)NC(=O)C2CCCN2C(=O)C(NC(=O)CCCCCCc2ccc(C3=NC(C)c4nnc(C)n4-c4sc(C)c(C)c43)cc2)C(C)(C)C)cc1.